The highest BCUT2D eigenvalue weighted by Crippen LogP contribution is 2.26. The van der Waals surface area contributed by atoms with Crippen molar-refractivity contribution < 1.29 is 0 Å². The van der Waals surface area contributed by atoms with Gasteiger partial charge < -0.3 is 15.5 Å². The normalized spacial score (nSPS) is 18.1. The van der Waals surface area contributed by atoms with Gasteiger partial charge in [0.1, 0.15) is 0 Å². The van der Waals surface area contributed by atoms with Crippen LogP contribution in [0.5, 0.6) is 0 Å². The van der Waals surface area contributed by atoms with Crippen LogP contribution in [0.15, 0.2) is 18.2 Å². The number of nitrogens with zero attached hydrogens (tertiary/aromatic N) is 2. The molecule has 3 heteroatoms. The number of para-hydroxylation sites is 1. The number of nitrogen functional groups attached to an aromatic ring is 1. The lowest BCUT2D eigenvalue weighted by molar-refractivity contribution is 0.313. The van der Waals surface area contributed by atoms with Crippen molar-refractivity contribution in [2.24, 2.45) is 0 Å². The van der Waals surface area contributed by atoms with Crippen molar-refractivity contribution in [2.45, 2.75) is 6.92 Å². The highest BCUT2D eigenvalue weighted by atomic mass is 15.2. The summed E-state index contributed by atoms with van der Waals surface area (Å²) in [7, 11) is 2.16. The first-order chi connectivity index (χ1) is 7.18. The van der Waals surface area contributed by atoms with Gasteiger partial charge in [0, 0.05) is 26.2 Å². The molecular weight excluding hydrogens is 186 g/mol. The predicted molar refractivity (Wildman–Crippen MR) is 65.3 cm³/mol. The Hall–Kier alpha value is -1.22. The van der Waals surface area contributed by atoms with Gasteiger partial charge in [0.05, 0.1) is 11.4 Å². The van der Waals surface area contributed by atoms with E-state index in [0.29, 0.717) is 0 Å². The Morgan fingerprint density at radius 2 is 1.80 bits per heavy atom. The highest BCUT2D eigenvalue weighted by Gasteiger charge is 2.16. The summed E-state index contributed by atoms with van der Waals surface area (Å²) in [4.78, 5) is 4.73. The standard InChI is InChI=1S/C12H19N3/c1-10-4-3-5-11(12(10)13)15-8-6-14(2)7-9-15/h3-5H,6-9,13H2,1-2H3. The molecule has 1 aromatic rings. The molecule has 2 N–H and O–H groups in total. The molecule has 0 aromatic heterocycles. The number of likely N-dealkylation sites (N-methyl/N-ethyl adjacent to an activating group) is 1. The molecule has 1 aliphatic rings. The lowest BCUT2D eigenvalue weighted by Crippen LogP contribution is -2.44. The maximum atomic E-state index is 6.09. The molecule has 0 aliphatic carbocycles. The van der Waals surface area contributed by atoms with Crippen LogP contribution in [-0.2, 0) is 0 Å². The van der Waals surface area contributed by atoms with Crippen LogP contribution in [0.2, 0.25) is 0 Å². The molecule has 0 saturated carbocycles. The van der Waals surface area contributed by atoms with Gasteiger partial charge in [0.15, 0.2) is 0 Å². The molecule has 0 bridgehead atoms. The van der Waals surface area contributed by atoms with E-state index in [4.69, 9.17) is 5.73 Å². The fourth-order valence-electron chi connectivity index (χ4n) is 1.99. The monoisotopic (exact) mass is 205 g/mol. The second-order valence-corrected chi connectivity index (χ2v) is 4.30. The highest BCUT2D eigenvalue weighted by molar-refractivity contribution is 5.71. The van der Waals surface area contributed by atoms with Gasteiger partial charge in [-0.1, -0.05) is 12.1 Å². The second-order valence-electron chi connectivity index (χ2n) is 4.30. The largest absolute Gasteiger partial charge is 0.397 e. The van der Waals surface area contributed by atoms with Crippen molar-refractivity contribution in [1.29, 1.82) is 0 Å². The molecule has 1 aliphatic heterocycles. The summed E-state index contributed by atoms with van der Waals surface area (Å²) in [5.41, 5.74) is 9.40. The molecular formula is C12H19N3. The van der Waals surface area contributed by atoms with Gasteiger partial charge >= 0.3 is 0 Å². The van der Waals surface area contributed by atoms with Gasteiger partial charge in [-0.3, -0.25) is 0 Å². The maximum Gasteiger partial charge on any atom is 0.0603 e. The quantitative estimate of drug-likeness (QED) is 0.702. The molecule has 1 fully saturated rings. The number of anilines is 2. The minimum Gasteiger partial charge on any atom is -0.397 e. The van der Waals surface area contributed by atoms with E-state index in [1.807, 2.05) is 0 Å². The molecule has 0 radical (unpaired) electrons. The molecule has 0 spiro atoms. The minimum atomic E-state index is 0.932. The molecule has 0 atom stereocenters. The van der Waals surface area contributed by atoms with E-state index < -0.39 is 0 Å². The minimum absolute atomic E-state index is 0.932. The predicted octanol–water partition coefficient (Wildman–Crippen LogP) is 1.33. The molecule has 3 nitrogen and oxygen atoms in total. The van der Waals surface area contributed by atoms with Crippen LogP contribution in [0.4, 0.5) is 11.4 Å². The molecule has 2 rings (SSSR count). The van der Waals surface area contributed by atoms with E-state index in [2.05, 4.69) is 42.0 Å². The van der Waals surface area contributed by atoms with Crippen LogP contribution in [0.25, 0.3) is 0 Å². The summed E-state index contributed by atoms with van der Waals surface area (Å²) in [6.45, 7) is 6.45. The van der Waals surface area contributed by atoms with E-state index in [-0.39, 0.29) is 0 Å². The zero-order chi connectivity index (χ0) is 10.8. The van der Waals surface area contributed by atoms with Crippen molar-refractivity contribution in [3.63, 3.8) is 0 Å². The topological polar surface area (TPSA) is 32.5 Å². The van der Waals surface area contributed by atoms with E-state index in [1.54, 1.807) is 0 Å². The first kappa shape index (κ1) is 10.3. The number of aryl methyl sites for hydroxylation is 1. The van der Waals surface area contributed by atoms with Crippen LogP contribution in [0.1, 0.15) is 5.56 Å². The molecule has 1 saturated heterocycles. The number of rotatable bonds is 1. The van der Waals surface area contributed by atoms with E-state index in [1.165, 1.54) is 11.3 Å². The van der Waals surface area contributed by atoms with Gasteiger partial charge in [0.2, 0.25) is 0 Å². The average molecular weight is 205 g/mol. The van der Waals surface area contributed by atoms with Gasteiger partial charge in [0.25, 0.3) is 0 Å². The van der Waals surface area contributed by atoms with Crippen LogP contribution in [-0.4, -0.2) is 38.1 Å². The van der Waals surface area contributed by atoms with Crippen molar-refractivity contribution in [3.05, 3.63) is 23.8 Å². The first-order valence-corrected chi connectivity index (χ1v) is 5.47. The van der Waals surface area contributed by atoms with E-state index in [0.717, 1.165) is 31.9 Å². The first-order valence-electron chi connectivity index (χ1n) is 5.47. The Kier molecular flexibility index (Phi) is 2.82. The van der Waals surface area contributed by atoms with Gasteiger partial charge in [-0.15, -0.1) is 0 Å². The lowest BCUT2D eigenvalue weighted by atomic mass is 10.1. The van der Waals surface area contributed by atoms with Crippen molar-refractivity contribution in [2.75, 3.05) is 43.9 Å². The Balaban J connectivity index is 2.19. The summed E-state index contributed by atoms with van der Waals surface area (Å²) < 4.78 is 0. The summed E-state index contributed by atoms with van der Waals surface area (Å²) in [5, 5.41) is 0. The van der Waals surface area contributed by atoms with Crippen LogP contribution in [0, 0.1) is 6.92 Å². The Bertz CT molecular complexity index is 341. The number of piperazine rings is 1. The SMILES string of the molecule is Cc1cccc(N2CCN(C)CC2)c1N. The lowest BCUT2D eigenvalue weighted by Gasteiger charge is -2.34. The van der Waals surface area contributed by atoms with Crippen molar-refractivity contribution >= 4 is 11.4 Å². The van der Waals surface area contributed by atoms with E-state index >= 15 is 0 Å². The van der Waals surface area contributed by atoms with Crippen LogP contribution >= 0.6 is 0 Å². The van der Waals surface area contributed by atoms with Gasteiger partial charge in [-0.05, 0) is 25.6 Å². The molecule has 0 unspecified atom stereocenters. The molecule has 1 heterocycles. The number of hydrogen-bond donors (Lipinski definition) is 1. The third kappa shape index (κ3) is 2.07. The number of nitrogens with two attached hydrogens (primary N) is 1. The fourth-order valence-corrected chi connectivity index (χ4v) is 1.99. The third-order valence-electron chi connectivity index (χ3n) is 3.15. The smallest absolute Gasteiger partial charge is 0.0603 e. The number of hydrogen-bond acceptors (Lipinski definition) is 3. The molecule has 0 amide bonds. The maximum absolute atomic E-state index is 6.09. The fraction of sp³-hybridized carbons (Fsp3) is 0.500. The van der Waals surface area contributed by atoms with Gasteiger partial charge in [-0.25, -0.2) is 0 Å². The van der Waals surface area contributed by atoms with Crippen LogP contribution < -0.4 is 10.6 Å². The summed E-state index contributed by atoms with van der Waals surface area (Å²) >= 11 is 0. The molecule has 82 valence electrons. The summed E-state index contributed by atoms with van der Waals surface area (Å²) in [6, 6.07) is 6.27. The van der Waals surface area contributed by atoms with Crippen molar-refractivity contribution in [3.8, 4) is 0 Å². The van der Waals surface area contributed by atoms with Gasteiger partial charge in [-0.2, -0.15) is 0 Å². The molecule has 15 heavy (non-hydrogen) atoms. The van der Waals surface area contributed by atoms with E-state index in [9.17, 15) is 0 Å². The average Bonchev–Trinajstić information content (AvgIpc) is 2.24. The number of benzene rings is 1. The Labute approximate surface area is 91.5 Å². The summed E-state index contributed by atoms with van der Waals surface area (Å²) in [5.74, 6) is 0. The Morgan fingerprint density at radius 3 is 2.47 bits per heavy atom. The zero-order valence-corrected chi connectivity index (χ0v) is 9.53. The second kappa shape index (κ2) is 4.11. The van der Waals surface area contributed by atoms with Crippen molar-refractivity contribution in [1.82, 2.24) is 4.90 Å². The third-order valence-corrected chi connectivity index (χ3v) is 3.15. The summed E-state index contributed by atoms with van der Waals surface area (Å²) in [6.07, 6.45) is 0. The molecule has 1 aromatic carbocycles. The Morgan fingerprint density at radius 1 is 1.13 bits per heavy atom. The zero-order valence-electron chi connectivity index (χ0n) is 9.53. The van der Waals surface area contributed by atoms with Crippen LogP contribution in [0.3, 0.4) is 0 Å².